The van der Waals surface area contributed by atoms with E-state index in [1.165, 1.54) is 12.8 Å². The van der Waals surface area contributed by atoms with E-state index in [-0.39, 0.29) is 5.92 Å². The Morgan fingerprint density at radius 1 is 1.47 bits per heavy atom. The molecule has 1 fully saturated rings. The van der Waals surface area contributed by atoms with Gasteiger partial charge in [0.2, 0.25) is 5.88 Å². The molecule has 1 aliphatic carbocycles. The van der Waals surface area contributed by atoms with Gasteiger partial charge in [-0.15, -0.1) is 0 Å². The topological polar surface area (TPSA) is 76.3 Å². The van der Waals surface area contributed by atoms with E-state index in [9.17, 15) is 0 Å². The minimum Gasteiger partial charge on any atom is -0.476 e. The van der Waals surface area contributed by atoms with E-state index >= 15 is 0 Å². The average Bonchev–Trinajstić information content (AvgIpc) is 3.22. The van der Waals surface area contributed by atoms with Gasteiger partial charge in [0.25, 0.3) is 0 Å². The smallest absolute Gasteiger partial charge is 0.218 e. The number of ether oxygens (including phenoxy) is 1. The summed E-state index contributed by atoms with van der Waals surface area (Å²) in [6, 6.07) is 2.48. The van der Waals surface area contributed by atoms with Gasteiger partial charge >= 0.3 is 0 Å². The molecule has 1 aromatic heterocycles. The molecule has 1 heterocycles. The van der Waals surface area contributed by atoms with Crippen LogP contribution in [0.15, 0.2) is 6.07 Å². The largest absolute Gasteiger partial charge is 0.476 e. The summed E-state index contributed by atoms with van der Waals surface area (Å²) in [5, 5.41) is 0. The van der Waals surface area contributed by atoms with E-state index in [0.29, 0.717) is 18.3 Å². The van der Waals surface area contributed by atoms with Crippen LogP contribution in [0.3, 0.4) is 0 Å². The summed E-state index contributed by atoms with van der Waals surface area (Å²) in [4.78, 5) is 11.0. The second-order valence-corrected chi connectivity index (χ2v) is 5.31. The number of anilines is 1. The zero-order chi connectivity index (χ0) is 13.8. The van der Waals surface area contributed by atoms with Crippen molar-refractivity contribution in [1.82, 2.24) is 14.9 Å². The maximum absolute atomic E-state index is 5.70. The third kappa shape index (κ3) is 4.04. The van der Waals surface area contributed by atoms with E-state index in [1.807, 2.05) is 13.8 Å². The molecule has 0 radical (unpaired) electrons. The van der Waals surface area contributed by atoms with Gasteiger partial charge in [-0.1, -0.05) is 13.8 Å². The Morgan fingerprint density at radius 2 is 2.21 bits per heavy atom. The molecule has 0 atom stereocenters. The molecule has 0 saturated heterocycles. The molecule has 6 nitrogen and oxygen atoms in total. The van der Waals surface area contributed by atoms with Crippen LogP contribution in [0, 0.1) is 0 Å². The fourth-order valence-electron chi connectivity index (χ4n) is 1.84. The van der Waals surface area contributed by atoms with Gasteiger partial charge in [-0.3, -0.25) is 0 Å². The molecule has 0 unspecified atom stereocenters. The summed E-state index contributed by atoms with van der Waals surface area (Å²) >= 11 is 0. The molecule has 106 valence electrons. The van der Waals surface area contributed by atoms with Crippen LogP contribution in [0.5, 0.6) is 5.88 Å². The number of nitrogens with two attached hydrogens (primary N) is 1. The summed E-state index contributed by atoms with van der Waals surface area (Å²) in [5.74, 6) is 7.55. The highest BCUT2D eigenvalue weighted by molar-refractivity contribution is 5.37. The molecule has 0 aliphatic heterocycles. The first-order valence-electron chi connectivity index (χ1n) is 6.78. The fourth-order valence-corrected chi connectivity index (χ4v) is 1.84. The fraction of sp³-hybridized carbons (Fsp3) is 0.692. The number of nitrogens with zero attached hydrogens (tertiary/aromatic N) is 3. The van der Waals surface area contributed by atoms with E-state index in [1.54, 1.807) is 6.07 Å². The Bertz CT molecular complexity index is 419. The van der Waals surface area contributed by atoms with Crippen LogP contribution in [0.1, 0.15) is 38.4 Å². The van der Waals surface area contributed by atoms with Crippen LogP contribution >= 0.6 is 0 Å². The number of hydrogen-bond donors (Lipinski definition) is 2. The van der Waals surface area contributed by atoms with Gasteiger partial charge in [0.05, 0.1) is 0 Å². The lowest BCUT2D eigenvalue weighted by atomic mass is 10.2. The first kappa shape index (κ1) is 14.0. The Balaban J connectivity index is 1.92. The normalized spacial score (nSPS) is 15.1. The lowest BCUT2D eigenvalue weighted by molar-refractivity contribution is 0.226. The maximum atomic E-state index is 5.70. The molecule has 1 saturated carbocycles. The van der Waals surface area contributed by atoms with Crippen molar-refractivity contribution in [3.05, 3.63) is 11.9 Å². The highest BCUT2D eigenvalue weighted by Gasteiger charge is 2.25. The molecular formula is C13H23N5O. The number of hydrazine groups is 1. The molecule has 1 aromatic rings. The van der Waals surface area contributed by atoms with Crippen molar-refractivity contribution in [2.75, 3.05) is 25.6 Å². The molecule has 2 rings (SSSR count). The lowest BCUT2D eigenvalue weighted by Gasteiger charge is -2.16. The van der Waals surface area contributed by atoms with E-state index in [4.69, 9.17) is 10.6 Å². The average molecular weight is 265 g/mol. The zero-order valence-corrected chi connectivity index (χ0v) is 11.9. The van der Waals surface area contributed by atoms with Crippen molar-refractivity contribution in [3.8, 4) is 5.88 Å². The van der Waals surface area contributed by atoms with Gasteiger partial charge in [0.15, 0.2) is 0 Å². The van der Waals surface area contributed by atoms with Gasteiger partial charge in [0.1, 0.15) is 18.2 Å². The van der Waals surface area contributed by atoms with Gasteiger partial charge in [0, 0.05) is 24.6 Å². The quantitative estimate of drug-likeness (QED) is 0.572. The molecule has 3 N–H and O–H groups in total. The van der Waals surface area contributed by atoms with E-state index < -0.39 is 0 Å². The zero-order valence-electron chi connectivity index (χ0n) is 11.9. The SMILES string of the molecule is CC(C)c1nc(NN)cc(OCCN(C)C2CC2)n1. The summed E-state index contributed by atoms with van der Waals surface area (Å²) in [6.07, 6.45) is 2.62. The number of nitrogen functional groups attached to an aromatic ring is 1. The Hall–Kier alpha value is -1.40. The molecule has 0 aromatic carbocycles. The highest BCUT2D eigenvalue weighted by Crippen LogP contribution is 2.25. The van der Waals surface area contributed by atoms with Gasteiger partial charge in [-0.25, -0.2) is 10.8 Å². The van der Waals surface area contributed by atoms with Crippen molar-refractivity contribution in [1.29, 1.82) is 0 Å². The number of nitrogens with one attached hydrogen (secondary N) is 1. The van der Waals surface area contributed by atoms with Crippen LogP contribution in [0.2, 0.25) is 0 Å². The predicted octanol–water partition coefficient (Wildman–Crippen LogP) is 1.36. The second-order valence-electron chi connectivity index (χ2n) is 5.31. The molecule has 1 aliphatic rings. The number of rotatable bonds is 7. The predicted molar refractivity (Wildman–Crippen MR) is 75.1 cm³/mol. The van der Waals surface area contributed by atoms with Crippen LogP contribution < -0.4 is 16.0 Å². The van der Waals surface area contributed by atoms with Crippen molar-refractivity contribution in [3.63, 3.8) is 0 Å². The third-order valence-corrected chi connectivity index (χ3v) is 3.25. The van der Waals surface area contributed by atoms with E-state index in [2.05, 4.69) is 27.3 Å². The summed E-state index contributed by atoms with van der Waals surface area (Å²) < 4.78 is 5.70. The summed E-state index contributed by atoms with van der Waals surface area (Å²) in [6.45, 7) is 5.63. The maximum Gasteiger partial charge on any atom is 0.218 e. The van der Waals surface area contributed by atoms with Crippen LogP contribution in [-0.2, 0) is 0 Å². The van der Waals surface area contributed by atoms with Crippen LogP contribution in [-0.4, -0.2) is 41.1 Å². The Morgan fingerprint density at radius 3 is 2.79 bits per heavy atom. The Labute approximate surface area is 114 Å². The monoisotopic (exact) mass is 265 g/mol. The third-order valence-electron chi connectivity index (χ3n) is 3.25. The number of likely N-dealkylation sites (N-methyl/N-ethyl adjacent to an activating group) is 1. The molecular weight excluding hydrogens is 242 g/mol. The van der Waals surface area contributed by atoms with E-state index in [0.717, 1.165) is 18.4 Å². The summed E-state index contributed by atoms with van der Waals surface area (Å²) in [5.41, 5.74) is 2.55. The standard InChI is InChI=1S/C13H23N5O/c1-9(2)13-15-11(17-14)8-12(16-13)19-7-6-18(3)10-4-5-10/h8-10H,4-7,14H2,1-3H3,(H,15,16,17). The Kier molecular flexibility index (Phi) is 4.55. The lowest BCUT2D eigenvalue weighted by Crippen LogP contribution is -2.26. The number of hydrogen-bond acceptors (Lipinski definition) is 6. The van der Waals surface area contributed by atoms with Crippen LogP contribution in [0.4, 0.5) is 5.82 Å². The van der Waals surface area contributed by atoms with Crippen LogP contribution in [0.25, 0.3) is 0 Å². The second kappa shape index (κ2) is 6.16. The molecule has 19 heavy (non-hydrogen) atoms. The summed E-state index contributed by atoms with van der Waals surface area (Å²) in [7, 11) is 2.13. The van der Waals surface area contributed by atoms with Crippen molar-refractivity contribution >= 4 is 5.82 Å². The molecule has 0 amide bonds. The van der Waals surface area contributed by atoms with Crippen molar-refractivity contribution in [2.45, 2.75) is 38.6 Å². The van der Waals surface area contributed by atoms with Gasteiger partial charge in [-0.05, 0) is 19.9 Å². The minimum atomic E-state index is 0.241. The highest BCUT2D eigenvalue weighted by atomic mass is 16.5. The number of aromatic nitrogens is 2. The van der Waals surface area contributed by atoms with Crippen molar-refractivity contribution < 1.29 is 4.74 Å². The molecule has 6 heteroatoms. The van der Waals surface area contributed by atoms with Gasteiger partial charge in [-0.2, -0.15) is 4.98 Å². The molecule has 0 spiro atoms. The minimum absolute atomic E-state index is 0.241. The first-order valence-corrected chi connectivity index (χ1v) is 6.78. The van der Waals surface area contributed by atoms with Crippen molar-refractivity contribution in [2.24, 2.45) is 5.84 Å². The molecule has 0 bridgehead atoms. The van der Waals surface area contributed by atoms with Gasteiger partial charge < -0.3 is 15.1 Å². The first-order chi connectivity index (χ1) is 9.10.